The highest BCUT2D eigenvalue weighted by Gasteiger charge is 2.37. The number of aliphatic carboxylic acids is 1. The van der Waals surface area contributed by atoms with Gasteiger partial charge in [0.25, 0.3) is 5.91 Å². The van der Waals surface area contributed by atoms with Crippen LogP contribution in [-0.4, -0.2) is 52.7 Å². The number of hydrogen-bond acceptors (Lipinski definition) is 5. The number of likely N-dealkylation sites (tertiary alicyclic amines) is 1. The molecule has 2 aromatic heterocycles. The van der Waals surface area contributed by atoms with Crippen molar-refractivity contribution in [1.82, 2.24) is 9.88 Å². The van der Waals surface area contributed by atoms with E-state index in [-0.39, 0.29) is 24.5 Å². The second-order valence-corrected chi connectivity index (χ2v) is 7.80. The molecule has 0 bridgehead atoms. The van der Waals surface area contributed by atoms with Crippen molar-refractivity contribution in [3.63, 3.8) is 0 Å². The third kappa shape index (κ3) is 3.50. The second-order valence-electron chi connectivity index (χ2n) is 6.85. The van der Waals surface area contributed by atoms with Crippen molar-refractivity contribution in [1.29, 1.82) is 0 Å². The fourth-order valence-electron chi connectivity index (χ4n) is 3.75. The van der Waals surface area contributed by atoms with Crippen LogP contribution < -0.4 is 0 Å². The molecule has 1 amide bonds. The maximum atomic E-state index is 13.5. The number of rotatable bonds is 5. The molecule has 3 heterocycles. The number of aromatic nitrogens is 1. The van der Waals surface area contributed by atoms with Gasteiger partial charge >= 0.3 is 5.97 Å². The molecule has 4 rings (SSSR count). The fraction of sp³-hybridized carbons (Fsp3) is 0.286. The van der Waals surface area contributed by atoms with Crippen molar-refractivity contribution in [3.05, 3.63) is 53.4 Å². The van der Waals surface area contributed by atoms with Crippen LogP contribution in [0.1, 0.15) is 23.2 Å². The number of benzene rings is 1. The van der Waals surface area contributed by atoms with Crippen LogP contribution in [0.2, 0.25) is 0 Å². The second kappa shape index (κ2) is 7.69. The van der Waals surface area contributed by atoms with Gasteiger partial charge in [-0.25, -0.2) is 4.98 Å². The van der Waals surface area contributed by atoms with E-state index in [9.17, 15) is 14.7 Å². The van der Waals surface area contributed by atoms with Gasteiger partial charge in [-0.3, -0.25) is 9.59 Å². The third-order valence-electron chi connectivity index (χ3n) is 5.10. The van der Waals surface area contributed by atoms with Gasteiger partial charge in [0.1, 0.15) is 0 Å². The molecule has 7 heteroatoms. The van der Waals surface area contributed by atoms with E-state index in [1.165, 1.54) is 0 Å². The maximum Gasteiger partial charge on any atom is 0.305 e. The summed E-state index contributed by atoms with van der Waals surface area (Å²) in [6.45, 7) is 0.387. The predicted molar refractivity (Wildman–Crippen MR) is 108 cm³/mol. The minimum absolute atomic E-state index is 0.0909. The molecule has 0 spiro atoms. The number of carbonyl (C=O) groups excluding carboxylic acids is 1. The SMILES string of the molecule is COC1CC(CC(=O)O)N(C(=O)c2cc(-c3cccs3)nc3ccccc23)C1. The highest BCUT2D eigenvalue weighted by Crippen LogP contribution is 2.31. The van der Waals surface area contributed by atoms with E-state index in [1.54, 1.807) is 23.3 Å². The molecule has 1 saturated heterocycles. The van der Waals surface area contributed by atoms with E-state index >= 15 is 0 Å². The molecule has 28 heavy (non-hydrogen) atoms. The number of pyridine rings is 1. The zero-order chi connectivity index (χ0) is 19.7. The van der Waals surface area contributed by atoms with Crippen molar-refractivity contribution in [2.24, 2.45) is 0 Å². The van der Waals surface area contributed by atoms with Crippen LogP contribution in [0.15, 0.2) is 47.8 Å². The van der Waals surface area contributed by atoms with Crippen LogP contribution in [-0.2, 0) is 9.53 Å². The van der Waals surface area contributed by atoms with Gasteiger partial charge in [-0.1, -0.05) is 24.3 Å². The van der Waals surface area contributed by atoms with Crippen molar-refractivity contribution >= 4 is 34.1 Å². The fourth-order valence-corrected chi connectivity index (χ4v) is 4.43. The number of ether oxygens (including phenoxy) is 1. The summed E-state index contributed by atoms with van der Waals surface area (Å²) >= 11 is 1.57. The van der Waals surface area contributed by atoms with Crippen molar-refractivity contribution in [2.45, 2.75) is 25.0 Å². The van der Waals surface area contributed by atoms with Crippen molar-refractivity contribution in [3.8, 4) is 10.6 Å². The molecule has 2 unspecified atom stereocenters. The molecule has 1 aliphatic heterocycles. The Morgan fingerprint density at radius 3 is 2.82 bits per heavy atom. The molecule has 0 radical (unpaired) electrons. The Morgan fingerprint density at radius 2 is 2.11 bits per heavy atom. The quantitative estimate of drug-likeness (QED) is 0.712. The first kappa shape index (κ1) is 18.6. The Bertz CT molecular complexity index is 1020. The zero-order valence-electron chi connectivity index (χ0n) is 15.4. The molecule has 2 atom stereocenters. The molecule has 3 aromatic rings. The summed E-state index contributed by atoms with van der Waals surface area (Å²) in [7, 11) is 1.59. The Morgan fingerprint density at radius 1 is 1.29 bits per heavy atom. The smallest absolute Gasteiger partial charge is 0.305 e. The first-order valence-corrected chi connectivity index (χ1v) is 9.94. The molecule has 1 aliphatic rings. The number of nitrogens with zero attached hydrogens (tertiary/aromatic N) is 2. The van der Waals surface area contributed by atoms with E-state index in [0.29, 0.717) is 18.5 Å². The van der Waals surface area contributed by atoms with Crippen LogP contribution in [0.4, 0.5) is 0 Å². The Kier molecular flexibility index (Phi) is 5.11. The molecular formula is C21H20N2O4S. The molecule has 1 N–H and O–H groups in total. The highest BCUT2D eigenvalue weighted by atomic mass is 32.1. The van der Waals surface area contributed by atoms with Gasteiger partial charge in [0.2, 0.25) is 0 Å². The largest absolute Gasteiger partial charge is 0.481 e. The van der Waals surface area contributed by atoms with Gasteiger partial charge in [-0.15, -0.1) is 11.3 Å². The summed E-state index contributed by atoms with van der Waals surface area (Å²) < 4.78 is 5.41. The number of fused-ring (bicyclic) bond motifs is 1. The summed E-state index contributed by atoms with van der Waals surface area (Å²) in [5, 5.41) is 12.0. The van der Waals surface area contributed by atoms with Gasteiger partial charge < -0.3 is 14.7 Å². The van der Waals surface area contributed by atoms with E-state index in [0.717, 1.165) is 21.5 Å². The monoisotopic (exact) mass is 396 g/mol. The molecule has 0 saturated carbocycles. The van der Waals surface area contributed by atoms with Gasteiger partial charge in [0, 0.05) is 25.1 Å². The number of hydrogen-bond donors (Lipinski definition) is 1. The first-order valence-electron chi connectivity index (χ1n) is 9.06. The minimum atomic E-state index is -0.918. The number of carboxylic acid groups (broad SMARTS) is 1. The molecular weight excluding hydrogens is 376 g/mol. The minimum Gasteiger partial charge on any atom is -0.481 e. The predicted octanol–water partition coefficient (Wildman–Crippen LogP) is 3.67. The van der Waals surface area contributed by atoms with Crippen LogP contribution in [0.3, 0.4) is 0 Å². The van der Waals surface area contributed by atoms with Gasteiger partial charge in [-0.2, -0.15) is 0 Å². The van der Waals surface area contributed by atoms with Crippen molar-refractivity contribution in [2.75, 3.05) is 13.7 Å². The molecule has 1 aromatic carbocycles. The molecule has 0 aliphatic carbocycles. The van der Waals surface area contributed by atoms with Crippen LogP contribution >= 0.6 is 11.3 Å². The zero-order valence-corrected chi connectivity index (χ0v) is 16.2. The van der Waals surface area contributed by atoms with Gasteiger partial charge in [0.15, 0.2) is 0 Å². The number of carbonyl (C=O) groups is 2. The topological polar surface area (TPSA) is 79.7 Å². The van der Waals surface area contributed by atoms with Gasteiger partial charge in [0.05, 0.1) is 34.2 Å². The summed E-state index contributed by atoms with van der Waals surface area (Å²) in [6.07, 6.45) is 0.278. The number of methoxy groups -OCH3 is 1. The van der Waals surface area contributed by atoms with Crippen molar-refractivity contribution < 1.29 is 19.4 Å². The number of para-hydroxylation sites is 1. The van der Waals surface area contributed by atoms with Crippen LogP contribution in [0.25, 0.3) is 21.5 Å². The normalized spacial score (nSPS) is 19.2. The lowest BCUT2D eigenvalue weighted by atomic mass is 10.0. The summed E-state index contributed by atoms with van der Waals surface area (Å²) in [5.74, 6) is -1.10. The van der Waals surface area contributed by atoms with E-state index in [2.05, 4.69) is 0 Å². The number of carboxylic acids is 1. The number of thiophene rings is 1. The Balaban J connectivity index is 1.78. The van der Waals surface area contributed by atoms with Crippen LogP contribution in [0, 0.1) is 0 Å². The van der Waals surface area contributed by atoms with E-state index < -0.39 is 5.97 Å². The lowest BCUT2D eigenvalue weighted by Gasteiger charge is -2.24. The van der Waals surface area contributed by atoms with Crippen LogP contribution in [0.5, 0.6) is 0 Å². The standard InChI is InChI=1S/C21H20N2O4S/c1-27-14-9-13(10-20(24)25)23(12-14)21(26)16-11-18(19-7-4-8-28-19)22-17-6-3-2-5-15(16)17/h2-8,11,13-14H,9-10,12H2,1H3,(H,24,25). The molecule has 1 fully saturated rings. The van der Waals surface area contributed by atoms with E-state index in [4.69, 9.17) is 9.72 Å². The number of amides is 1. The molecule has 144 valence electrons. The average Bonchev–Trinajstić information content (AvgIpc) is 3.36. The third-order valence-corrected chi connectivity index (χ3v) is 5.99. The molecule has 6 nitrogen and oxygen atoms in total. The Hall–Kier alpha value is -2.77. The summed E-state index contributed by atoms with van der Waals surface area (Å²) in [5.41, 5.74) is 2.03. The average molecular weight is 396 g/mol. The van der Waals surface area contributed by atoms with Gasteiger partial charge in [-0.05, 0) is 30.0 Å². The highest BCUT2D eigenvalue weighted by molar-refractivity contribution is 7.13. The Labute approximate surface area is 166 Å². The first-order chi connectivity index (χ1) is 13.6. The lowest BCUT2D eigenvalue weighted by molar-refractivity contribution is -0.137. The lowest BCUT2D eigenvalue weighted by Crippen LogP contribution is -2.37. The maximum absolute atomic E-state index is 13.5. The summed E-state index contributed by atoms with van der Waals surface area (Å²) in [6, 6.07) is 12.9. The summed E-state index contributed by atoms with van der Waals surface area (Å²) in [4.78, 5) is 32.1. The van der Waals surface area contributed by atoms with E-state index in [1.807, 2.05) is 47.8 Å².